The molecule has 1 aromatic carbocycles. The second kappa shape index (κ2) is 7.29. The minimum atomic E-state index is -0.367. The number of thioether (sulfide) groups is 1. The van der Waals surface area contributed by atoms with Crippen molar-refractivity contribution in [1.82, 2.24) is 4.90 Å². The molecule has 0 saturated carbocycles. The lowest BCUT2D eigenvalue weighted by atomic mass is 10.1. The van der Waals surface area contributed by atoms with Crippen molar-refractivity contribution >= 4 is 50.9 Å². The van der Waals surface area contributed by atoms with Gasteiger partial charge in [-0.2, -0.15) is 0 Å². The zero-order valence-electron chi connectivity index (χ0n) is 11.9. The summed E-state index contributed by atoms with van der Waals surface area (Å²) in [7, 11) is 0. The molecular weight excluding hydrogens is 326 g/mol. The Morgan fingerprint density at radius 1 is 1.33 bits per heavy atom. The standard InChI is InChI=1S/C15H16ClNO2S2/c1-3-17(4-2)15(20)21-9-10-7-14(18)19-13-8-11(16)5-6-12(10)13/h5-8H,3-4,9H2,1-2H3. The summed E-state index contributed by atoms with van der Waals surface area (Å²) < 4.78 is 6.03. The second-order valence-corrected chi connectivity index (χ2v) is 6.50. The van der Waals surface area contributed by atoms with Crippen LogP contribution in [0.2, 0.25) is 5.02 Å². The van der Waals surface area contributed by atoms with E-state index in [1.54, 1.807) is 23.9 Å². The Bertz CT molecular complexity index is 710. The molecule has 0 aliphatic carbocycles. The smallest absolute Gasteiger partial charge is 0.336 e. The molecule has 0 radical (unpaired) electrons. The SMILES string of the molecule is CCN(CC)C(=S)SCc1cc(=O)oc2cc(Cl)ccc12. The van der Waals surface area contributed by atoms with Crippen LogP contribution in [0, 0.1) is 0 Å². The van der Waals surface area contributed by atoms with Crippen LogP contribution in [0.3, 0.4) is 0 Å². The van der Waals surface area contributed by atoms with Crippen LogP contribution in [0.5, 0.6) is 0 Å². The summed E-state index contributed by atoms with van der Waals surface area (Å²) in [5, 5.41) is 1.45. The van der Waals surface area contributed by atoms with Crippen LogP contribution in [0.1, 0.15) is 19.4 Å². The van der Waals surface area contributed by atoms with Gasteiger partial charge in [0.1, 0.15) is 9.90 Å². The molecule has 0 atom stereocenters. The lowest BCUT2D eigenvalue weighted by Gasteiger charge is -2.20. The van der Waals surface area contributed by atoms with Crippen molar-refractivity contribution in [2.45, 2.75) is 19.6 Å². The van der Waals surface area contributed by atoms with Crippen LogP contribution in [0.25, 0.3) is 11.0 Å². The Kier molecular flexibility index (Phi) is 5.67. The summed E-state index contributed by atoms with van der Waals surface area (Å²) in [6.45, 7) is 5.92. The van der Waals surface area contributed by atoms with Crippen LogP contribution in [-0.2, 0) is 5.75 Å². The number of hydrogen-bond donors (Lipinski definition) is 0. The van der Waals surface area contributed by atoms with Crippen LogP contribution in [-0.4, -0.2) is 22.3 Å². The van der Waals surface area contributed by atoms with E-state index >= 15 is 0 Å². The van der Waals surface area contributed by atoms with Crippen molar-refractivity contribution in [3.63, 3.8) is 0 Å². The van der Waals surface area contributed by atoms with E-state index in [2.05, 4.69) is 18.7 Å². The molecule has 1 heterocycles. The lowest BCUT2D eigenvalue weighted by molar-refractivity contribution is 0.482. The number of halogens is 1. The fourth-order valence-electron chi connectivity index (χ4n) is 2.04. The largest absolute Gasteiger partial charge is 0.423 e. The Morgan fingerprint density at radius 2 is 2.05 bits per heavy atom. The third-order valence-corrected chi connectivity index (χ3v) is 4.97. The molecular formula is C15H16ClNO2S2. The summed E-state index contributed by atoms with van der Waals surface area (Å²) in [5.74, 6) is 0.638. The summed E-state index contributed by atoms with van der Waals surface area (Å²) in [6, 6.07) is 6.85. The highest BCUT2D eigenvalue weighted by molar-refractivity contribution is 8.22. The van der Waals surface area contributed by atoms with E-state index in [0.717, 1.165) is 28.4 Å². The van der Waals surface area contributed by atoms with Gasteiger partial charge in [-0.25, -0.2) is 4.79 Å². The average Bonchev–Trinajstić information content (AvgIpc) is 2.45. The highest BCUT2D eigenvalue weighted by Crippen LogP contribution is 2.25. The third kappa shape index (κ3) is 3.99. The minimum absolute atomic E-state index is 0.367. The maximum Gasteiger partial charge on any atom is 0.336 e. The van der Waals surface area contributed by atoms with Gasteiger partial charge in [0.15, 0.2) is 0 Å². The van der Waals surface area contributed by atoms with Gasteiger partial charge in [-0.1, -0.05) is 35.6 Å². The molecule has 0 N–H and O–H groups in total. The van der Waals surface area contributed by atoms with Crippen molar-refractivity contribution < 1.29 is 4.42 Å². The quantitative estimate of drug-likeness (QED) is 0.611. The molecule has 1 aromatic heterocycles. The molecule has 6 heteroatoms. The fraction of sp³-hybridized carbons (Fsp3) is 0.333. The Morgan fingerprint density at radius 3 is 2.71 bits per heavy atom. The van der Waals surface area contributed by atoms with E-state index in [4.69, 9.17) is 28.2 Å². The molecule has 0 fully saturated rings. The molecule has 2 aromatic rings. The van der Waals surface area contributed by atoms with Crippen LogP contribution < -0.4 is 5.63 Å². The molecule has 0 unspecified atom stereocenters. The van der Waals surface area contributed by atoms with Crippen molar-refractivity contribution in [1.29, 1.82) is 0 Å². The van der Waals surface area contributed by atoms with E-state index in [-0.39, 0.29) is 5.63 Å². The summed E-state index contributed by atoms with van der Waals surface area (Å²) in [4.78, 5) is 13.8. The number of hydrogen-bond acceptors (Lipinski definition) is 4. The molecule has 0 bridgehead atoms. The first kappa shape index (κ1) is 16.3. The highest BCUT2D eigenvalue weighted by atomic mass is 35.5. The number of benzene rings is 1. The van der Waals surface area contributed by atoms with Gasteiger partial charge >= 0.3 is 5.63 Å². The van der Waals surface area contributed by atoms with Gasteiger partial charge in [-0.3, -0.25) is 0 Å². The zero-order valence-corrected chi connectivity index (χ0v) is 14.3. The second-order valence-electron chi connectivity index (χ2n) is 4.46. The van der Waals surface area contributed by atoms with Gasteiger partial charge in [0.05, 0.1) is 0 Å². The Labute approximate surface area is 138 Å². The average molecular weight is 342 g/mol. The first-order valence-electron chi connectivity index (χ1n) is 6.69. The maximum absolute atomic E-state index is 11.6. The first-order chi connectivity index (χ1) is 10.0. The minimum Gasteiger partial charge on any atom is -0.423 e. The molecule has 0 aliphatic heterocycles. The van der Waals surface area contributed by atoms with E-state index in [1.807, 2.05) is 6.07 Å². The predicted octanol–water partition coefficient (Wildman–Crippen LogP) is 4.31. The van der Waals surface area contributed by atoms with Crippen LogP contribution in [0.4, 0.5) is 0 Å². The monoisotopic (exact) mass is 341 g/mol. The molecule has 0 saturated heterocycles. The Balaban J connectivity index is 2.26. The van der Waals surface area contributed by atoms with Gasteiger partial charge in [0.2, 0.25) is 0 Å². The number of rotatable bonds is 4. The van der Waals surface area contributed by atoms with Crippen molar-refractivity contribution in [3.8, 4) is 0 Å². The molecule has 21 heavy (non-hydrogen) atoms. The molecule has 3 nitrogen and oxygen atoms in total. The van der Waals surface area contributed by atoms with E-state index in [0.29, 0.717) is 16.4 Å². The van der Waals surface area contributed by atoms with E-state index in [1.165, 1.54) is 6.07 Å². The van der Waals surface area contributed by atoms with Gasteiger partial charge in [-0.05, 0) is 31.5 Å². The third-order valence-electron chi connectivity index (χ3n) is 3.17. The van der Waals surface area contributed by atoms with Crippen molar-refractivity contribution in [2.75, 3.05) is 13.1 Å². The summed E-state index contributed by atoms with van der Waals surface area (Å²) >= 11 is 12.9. The van der Waals surface area contributed by atoms with Gasteiger partial charge in [0, 0.05) is 41.4 Å². The number of thiocarbonyl (C=S) groups is 1. The summed E-state index contributed by atoms with van der Waals surface area (Å²) in [6.07, 6.45) is 0. The normalized spacial score (nSPS) is 10.8. The lowest BCUT2D eigenvalue weighted by Crippen LogP contribution is -2.26. The number of nitrogens with zero attached hydrogens (tertiary/aromatic N) is 1. The molecule has 2 rings (SSSR count). The molecule has 112 valence electrons. The first-order valence-corrected chi connectivity index (χ1v) is 8.46. The van der Waals surface area contributed by atoms with E-state index < -0.39 is 0 Å². The maximum atomic E-state index is 11.6. The van der Waals surface area contributed by atoms with Gasteiger partial charge < -0.3 is 9.32 Å². The van der Waals surface area contributed by atoms with Crippen molar-refractivity contribution in [3.05, 3.63) is 45.3 Å². The predicted molar refractivity (Wildman–Crippen MR) is 94.3 cm³/mol. The Hall–Kier alpha value is -1.04. The van der Waals surface area contributed by atoms with Crippen LogP contribution >= 0.6 is 35.6 Å². The fourth-order valence-corrected chi connectivity index (χ4v) is 3.59. The zero-order chi connectivity index (χ0) is 15.4. The molecule has 0 spiro atoms. The van der Waals surface area contributed by atoms with Crippen molar-refractivity contribution in [2.24, 2.45) is 0 Å². The molecule has 0 aliphatic rings. The van der Waals surface area contributed by atoms with Gasteiger partial charge in [-0.15, -0.1) is 0 Å². The highest BCUT2D eigenvalue weighted by Gasteiger charge is 2.10. The van der Waals surface area contributed by atoms with Crippen LogP contribution in [0.15, 0.2) is 33.5 Å². The van der Waals surface area contributed by atoms with Gasteiger partial charge in [0.25, 0.3) is 0 Å². The molecule has 0 amide bonds. The summed E-state index contributed by atoms with van der Waals surface area (Å²) in [5.41, 5.74) is 1.06. The van der Waals surface area contributed by atoms with E-state index in [9.17, 15) is 4.79 Å². The topological polar surface area (TPSA) is 33.5 Å². The number of fused-ring (bicyclic) bond motifs is 1.